The largest absolute Gasteiger partial charge is 0.468 e. The molecule has 3 N–H and O–H groups in total. The number of hydrogen-bond donors (Lipinski definition) is 3. The minimum atomic E-state index is -4.02. The Labute approximate surface area is 398 Å². The van der Waals surface area contributed by atoms with E-state index in [4.69, 9.17) is 58.3 Å². The lowest BCUT2D eigenvalue weighted by Crippen LogP contribution is -2.37. The van der Waals surface area contributed by atoms with Crippen LogP contribution in [0.2, 0.25) is 0 Å². The number of benzene rings is 2. The highest BCUT2D eigenvalue weighted by molar-refractivity contribution is 7.83. The summed E-state index contributed by atoms with van der Waals surface area (Å²) in [7, 11) is -1.45. The molecule has 8 rings (SSSR count). The lowest BCUT2D eigenvalue weighted by atomic mass is 10.2. The van der Waals surface area contributed by atoms with E-state index in [2.05, 4.69) is 9.97 Å². The van der Waals surface area contributed by atoms with Crippen molar-refractivity contribution in [1.29, 1.82) is 0 Å². The fourth-order valence-corrected chi connectivity index (χ4v) is 11.5. The first kappa shape index (κ1) is 53.1. The Balaban J connectivity index is 0.000000188. The molecule has 24 nitrogen and oxygen atoms in total. The first-order chi connectivity index (χ1) is 33.0. The number of ether oxygens (including phenoxy) is 6. The molecule has 0 bridgehead atoms. The Hall–Kier alpha value is -5.23. The Bertz CT molecular complexity index is 2720. The summed E-state index contributed by atoms with van der Waals surface area (Å²) in [6.45, 7) is -0.0462. The number of nitrogens with zero attached hydrogens (tertiary/aromatic N) is 4. The van der Waals surface area contributed by atoms with E-state index in [0.717, 1.165) is 6.42 Å². The van der Waals surface area contributed by atoms with Gasteiger partial charge in [0.2, 0.25) is 0 Å². The standard InChI is InChI=1S/C21H26N3O9P.C12H15ClNO4P.C9H12N2O5/c1-14-11-23(21(27)22-19(14)25)17-12-30-18(32-17)13-31-34(28,33-15-7-4-3-5-8-15)24-10-6-9-16(24)20(26)29-2;1-17-12(15)11-8-5-9-14(11)19(13,16)18-10-6-3-2-4-7-10;1-5-2-11(9(14)10-8(5)13)6-4-15-7(3-12)16-6/h3-5,7-8,11,16-18H,6,9-10,12-13H2,1-2H3,(H,22,25,27);2-4,6-7,11H,5,8-9H2,1H3;2,6-7,12H,3-4H2,1H3,(H,10,13,14)/t16-,17+,18+,34?;11-,19?;6-,7-/m001/s1. The number of H-pyrrole nitrogens is 2. The van der Waals surface area contributed by atoms with Crippen LogP contribution in [0.4, 0.5) is 0 Å². The van der Waals surface area contributed by atoms with E-state index < -0.39 is 86.2 Å². The van der Waals surface area contributed by atoms with Crippen LogP contribution in [0.1, 0.15) is 49.3 Å². The van der Waals surface area contributed by atoms with E-state index in [0.29, 0.717) is 55.0 Å². The number of halogens is 1. The van der Waals surface area contributed by atoms with Gasteiger partial charge in [0.25, 0.3) is 11.1 Å². The number of aryl methyl sites for hydroxylation is 2. The van der Waals surface area contributed by atoms with Crippen molar-refractivity contribution in [2.24, 2.45) is 0 Å². The lowest BCUT2D eigenvalue weighted by molar-refractivity contribution is -0.145. The van der Waals surface area contributed by atoms with E-state index >= 15 is 0 Å². The quantitative estimate of drug-likeness (QED) is 0.121. The molecule has 2 unspecified atom stereocenters. The van der Waals surface area contributed by atoms with Crippen LogP contribution in [0.15, 0.2) is 92.2 Å². The summed E-state index contributed by atoms with van der Waals surface area (Å²) in [5.74, 6) is -0.242. The molecule has 69 heavy (non-hydrogen) atoms. The Morgan fingerprint density at radius 3 is 1.64 bits per heavy atom. The highest BCUT2D eigenvalue weighted by Crippen LogP contribution is 2.59. The van der Waals surface area contributed by atoms with Crippen LogP contribution in [0, 0.1) is 13.8 Å². The maximum atomic E-state index is 13.9. The van der Waals surface area contributed by atoms with Crippen molar-refractivity contribution in [3.63, 3.8) is 0 Å². The molecule has 0 spiro atoms. The minimum absolute atomic E-state index is 0.0117. The van der Waals surface area contributed by atoms with Gasteiger partial charge in [0.1, 0.15) is 30.2 Å². The molecule has 2 aromatic carbocycles. The summed E-state index contributed by atoms with van der Waals surface area (Å²) in [6, 6.07) is 15.8. The van der Waals surface area contributed by atoms with Gasteiger partial charge >= 0.3 is 37.9 Å². The second kappa shape index (κ2) is 24.1. The summed E-state index contributed by atoms with van der Waals surface area (Å²) in [5.41, 5.74) is -1.34. The SMILES string of the molecule is COC(=O)[C@@H]1CCCN1P(=O)(Cl)Oc1ccccc1.COC(=O)[C@@H]1CCCN1P(=O)(OC[C@@H]1OC[C@H](n2cc(C)c(=O)[nH]c2=O)O1)Oc1ccccc1.Cc1cn([C@H]2CO[C@@H](CO)O2)c(=O)[nH]c1=O. The number of esters is 2. The van der Waals surface area contributed by atoms with Crippen molar-refractivity contribution in [1.82, 2.24) is 28.4 Å². The van der Waals surface area contributed by atoms with Crippen LogP contribution < -0.4 is 31.5 Å². The number of rotatable bonds is 14. The van der Waals surface area contributed by atoms with Crippen LogP contribution in [-0.2, 0) is 51.7 Å². The molecule has 4 aromatic rings. The van der Waals surface area contributed by atoms with Gasteiger partial charge in [-0.25, -0.2) is 18.7 Å². The van der Waals surface area contributed by atoms with Gasteiger partial charge in [0.15, 0.2) is 25.0 Å². The van der Waals surface area contributed by atoms with E-state index in [1.165, 1.54) is 45.1 Å². The smallest absolute Gasteiger partial charge is 0.462 e. The van der Waals surface area contributed by atoms with Crippen LogP contribution >= 0.6 is 25.9 Å². The van der Waals surface area contributed by atoms with Crippen LogP contribution in [0.3, 0.4) is 0 Å². The van der Waals surface area contributed by atoms with Crippen LogP contribution in [0.5, 0.6) is 11.5 Å². The summed E-state index contributed by atoms with van der Waals surface area (Å²) in [5, 5.41) is 8.80. The zero-order valence-corrected chi connectivity index (χ0v) is 40.5. The molecular formula is C42H53ClN6O18P2. The summed E-state index contributed by atoms with van der Waals surface area (Å²) in [4.78, 5) is 74.6. The maximum absolute atomic E-state index is 13.9. The van der Waals surface area contributed by atoms with Crippen molar-refractivity contribution in [3.8, 4) is 11.5 Å². The lowest BCUT2D eigenvalue weighted by Gasteiger charge is -2.30. The van der Waals surface area contributed by atoms with Gasteiger partial charge in [-0.05, 0) is 63.8 Å². The molecule has 0 aliphatic carbocycles. The number of aromatic amines is 2. The van der Waals surface area contributed by atoms with Gasteiger partial charge in [0.05, 0.1) is 34.0 Å². The van der Waals surface area contributed by atoms with Gasteiger partial charge in [-0.2, -0.15) is 9.34 Å². The molecule has 0 radical (unpaired) electrons. The number of aliphatic hydroxyl groups excluding tert-OH is 1. The number of nitrogens with one attached hydrogen (secondary N) is 2. The maximum Gasteiger partial charge on any atom is 0.462 e. The molecule has 4 saturated heterocycles. The molecule has 6 heterocycles. The van der Waals surface area contributed by atoms with E-state index in [-0.39, 0.29) is 26.4 Å². The third-order valence-electron chi connectivity index (χ3n) is 10.8. The van der Waals surface area contributed by atoms with Crippen LogP contribution in [-0.4, -0.2) is 124 Å². The highest BCUT2D eigenvalue weighted by atomic mass is 35.7. The number of carbonyl (C=O) groups excluding carboxylic acids is 2. The number of aliphatic hydroxyl groups is 1. The average molecular weight is 1030 g/mol. The van der Waals surface area contributed by atoms with Gasteiger partial charge in [-0.3, -0.25) is 42.8 Å². The number of methoxy groups -OCH3 is 2. The monoisotopic (exact) mass is 1030 g/mol. The fraction of sp³-hybridized carbons (Fsp3) is 0.476. The van der Waals surface area contributed by atoms with Crippen molar-refractivity contribution in [2.45, 2.75) is 76.7 Å². The summed E-state index contributed by atoms with van der Waals surface area (Å²) >= 11 is 6.02. The van der Waals surface area contributed by atoms with Crippen molar-refractivity contribution < 1.29 is 65.8 Å². The molecule has 8 atom stereocenters. The summed E-state index contributed by atoms with van der Waals surface area (Å²) < 4.78 is 79.7. The van der Waals surface area contributed by atoms with E-state index in [1.54, 1.807) is 68.4 Å². The number of hydrogen-bond acceptors (Lipinski definition) is 18. The van der Waals surface area contributed by atoms with Gasteiger partial charge < -0.3 is 42.6 Å². The minimum Gasteiger partial charge on any atom is -0.468 e. The number of para-hydroxylation sites is 2. The number of carbonyl (C=O) groups is 2. The molecular weight excluding hydrogens is 974 g/mol. The zero-order valence-electron chi connectivity index (χ0n) is 37.9. The molecule has 27 heteroatoms. The van der Waals surface area contributed by atoms with E-state index in [9.17, 15) is 37.9 Å². The van der Waals surface area contributed by atoms with E-state index in [1.807, 2.05) is 6.07 Å². The van der Waals surface area contributed by atoms with Crippen molar-refractivity contribution in [2.75, 3.05) is 53.7 Å². The van der Waals surface area contributed by atoms with Gasteiger partial charge in [-0.1, -0.05) is 36.4 Å². The fourth-order valence-electron chi connectivity index (χ4n) is 7.38. The number of aromatic nitrogens is 4. The predicted molar refractivity (Wildman–Crippen MR) is 244 cm³/mol. The Morgan fingerprint density at radius 1 is 0.710 bits per heavy atom. The average Bonchev–Trinajstić information content (AvgIpc) is 4.20. The predicted octanol–water partition coefficient (Wildman–Crippen LogP) is 3.32. The second-order valence-corrected chi connectivity index (χ2v) is 20.3. The molecule has 4 aliphatic rings. The molecule has 4 fully saturated rings. The molecule has 4 aliphatic heterocycles. The Morgan fingerprint density at radius 2 is 1.16 bits per heavy atom. The van der Waals surface area contributed by atoms with Gasteiger partial charge in [0, 0.05) is 47.9 Å². The van der Waals surface area contributed by atoms with Crippen molar-refractivity contribution >= 4 is 37.8 Å². The normalized spacial score (nSPS) is 24.1. The highest BCUT2D eigenvalue weighted by Gasteiger charge is 2.48. The first-order valence-electron chi connectivity index (χ1n) is 21.5. The molecule has 0 amide bonds. The zero-order chi connectivity index (χ0) is 49.9. The third-order valence-corrected chi connectivity index (χ3v) is 15.2. The van der Waals surface area contributed by atoms with Gasteiger partial charge in [-0.15, -0.1) is 0 Å². The molecule has 0 saturated carbocycles. The second-order valence-electron chi connectivity index (χ2n) is 15.6. The van der Waals surface area contributed by atoms with Crippen LogP contribution in [0.25, 0.3) is 0 Å². The summed E-state index contributed by atoms with van der Waals surface area (Å²) in [6.07, 6.45) is 2.06. The first-order valence-corrected chi connectivity index (χ1v) is 25.5. The topological polar surface area (TPSA) is 288 Å². The third kappa shape index (κ3) is 13.6. The Kier molecular flexibility index (Phi) is 18.5. The van der Waals surface area contributed by atoms with Crippen molar-refractivity contribution in [3.05, 3.63) is 126 Å². The molecule has 2 aromatic heterocycles. The molecule has 376 valence electrons.